The summed E-state index contributed by atoms with van der Waals surface area (Å²) < 4.78 is 21.1. The number of carbonyl (C=O) groups is 1. The number of halogens is 1. The van der Waals surface area contributed by atoms with Crippen LogP contribution in [0.15, 0.2) is 58.2 Å². The molecule has 1 aliphatic rings. The van der Waals surface area contributed by atoms with Crippen molar-refractivity contribution < 1.29 is 13.6 Å². The van der Waals surface area contributed by atoms with Crippen molar-refractivity contribution in [2.45, 2.75) is 24.9 Å². The lowest BCUT2D eigenvalue weighted by Crippen LogP contribution is -2.29. The minimum atomic E-state index is -1.08. The van der Waals surface area contributed by atoms with E-state index in [0.717, 1.165) is 0 Å². The summed E-state index contributed by atoms with van der Waals surface area (Å²) >= 11 is 0. The lowest BCUT2D eigenvalue weighted by atomic mass is 10.2. The second-order valence-corrected chi connectivity index (χ2v) is 7.57. The van der Waals surface area contributed by atoms with Crippen LogP contribution < -0.4 is 10.9 Å². The molecule has 164 valence electrons. The Bertz CT molecular complexity index is 1450. The molecule has 0 atom stereocenters. The van der Waals surface area contributed by atoms with Crippen molar-refractivity contribution in [3.05, 3.63) is 82.1 Å². The molecular formula is C22H16FN7O3. The molecule has 0 aliphatic heterocycles. The summed E-state index contributed by atoms with van der Waals surface area (Å²) in [5.74, 6) is -0.486. The topological polar surface area (TPSA) is 123 Å². The molecule has 1 saturated carbocycles. The molecule has 0 radical (unpaired) electrons. The van der Waals surface area contributed by atoms with Gasteiger partial charge in [-0.3, -0.25) is 19.1 Å². The number of nitrogens with one attached hydrogen (secondary N) is 2. The molecule has 1 aromatic carbocycles. The van der Waals surface area contributed by atoms with Crippen molar-refractivity contribution in [2.24, 2.45) is 0 Å². The van der Waals surface area contributed by atoms with Gasteiger partial charge in [-0.15, -0.1) is 0 Å². The summed E-state index contributed by atoms with van der Waals surface area (Å²) in [5.41, 5.74) is -0.553. The third-order valence-electron chi connectivity index (χ3n) is 5.36. The quantitative estimate of drug-likeness (QED) is 0.440. The fourth-order valence-corrected chi connectivity index (χ4v) is 3.32. The van der Waals surface area contributed by atoms with E-state index in [1.165, 1.54) is 29.4 Å². The number of oxazole rings is 1. The SMILES string of the molecule is [C-]#[N+]C1(C(=O)Nc2cnc(-c3cc(-c4ncco4)n(Cc4ccccc4F)n3)[nH]c2=O)CC1. The molecular weight excluding hydrogens is 429 g/mol. The van der Waals surface area contributed by atoms with Gasteiger partial charge < -0.3 is 14.7 Å². The third kappa shape index (κ3) is 3.78. The van der Waals surface area contributed by atoms with Gasteiger partial charge in [-0.25, -0.2) is 20.9 Å². The van der Waals surface area contributed by atoms with E-state index in [-0.39, 0.29) is 29.8 Å². The number of hydrogen-bond donors (Lipinski definition) is 2. The Kier molecular flexibility index (Phi) is 4.82. The van der Waals surface area contributed by atoms with Crippen LogP contribution >= 0.6 is 0 Å². The average Bonchev–Trinajstić information content (AvgIpc) is 3.22. The Morgan fingerprint density at radius 1 is 1.33 bits per heavy atom. The maximum Gasteiger partial charge on any atom is 0.310 e. The summed E-state index contributed by atoms with van der Waals surface area (Å²) in [6.45, 7) is 7.25. The Labute approximate surface area is 185 Å². The number of carbonyl (C=O) groups excluding carboxylic acids is 1. The molecule has 5 rings (SSSR count). The number of H-pyrrole nitrogens is 1. The van der Waals surface area contributed by atoms with Gasteiger partial charge in [0.2, 0.25) is 5.89 Å². The zero-order valence-corrected chi connectivity index (χ0v) is 17.1. The van der Waals surface area contributed by atoms with Crippen LogP contribution in [0.5, 0.6) is 0 Å². The molecule has 1 amide bonds. The summed E-state index contributed by atoms with van der Waals surface area (Å²) in [5, 5.41) is 6.93. The summed E-state index contributed by atoms with van der Waals surface area (Å²) in [4.78, 5) is 39.1. The molecule has 1 aliphatic carbocycles. The highest BCUT2D eigenvalue weighted by Gasteiger charge is 2.58. The predicted molar refractivity (Wildman–Crippen MR) is 114 cm³/mol. The predicted octanol–water partition coefficient (Wildman–Crippen LogP) is 2.87. The maximum absolute atomic E-state index is 14.2. The van der Waals surface area contributed by atoms with Crippen molar-refractivity contribution >= 4 is 11.6 Å². The minimum Gasteiger partial charge on any atom is -0.443 e. The van der Waals surface area contributed by atoms with Gasteiger partial charge in [-0.05, 0) is 6.07 Å². The summed E-state index contributed by atoms with van der Waals surface area (Å²) in [7, 11) is 0. The first kappa shape index (κ1) is 20.3. The van der Waals surface area contributed by atoms with Crippen LogP contribution in [0.3, 0.4) is 0 Å². The van der Waals surface area contributed by atoms with E-state index in [1.807, 2.05) is 0 Å². The van der Waals surface area contributed by atoms with Crippen LogP contribution in [-0.4, -0.2) is 36.2 Å². The molecule has 0 bridgehead atoms. The van der Waals surface area contributed by atoms with Crippen molar-refractivity contribution in [3.8, 4) is 23.1 Å². The molecule has 11 heteroatoms. The Hall–Kier alpha value is -4.59. The van der Waals surface area contributed by atoms with Crippen LogP contribution in [0.4, 0.5) is 10.1 Å². The van der Waals surface area contributed by atoms with Crippen molar-refractivity contribution in [3.63, 3.8) is 0 Å². The van der Waals surface area contributed by atoms with E-state index < -0.39 is 17.0 Å². The van der Waals surface area contributed by atoms with Crippen LogP contribution in [0.25, 0.3) is 27.9 Å². The Morgan fingerprint density at radius 2 is 2.15 bits per heavy atom. The fourth-order valence-electron chi connectivity index (χ4n) is 3.32. The lowest BCUT2D eigenvalue weighted by Gasteiger charge is -2.06. The van der Waals surface area contributed by atoms with Gasteiger partial charge in [0.25, 0.3) is 5.56 Å². The summed E-state index contributed by atoms with van der Waals surface area (Å²) in [6.07, 6.45) is 5.03. The Balaban J connectivity index is 1.47. The molecule has 2 N–H and O–H groups in total. The van der Waals surface area contributed by atoms with Gasteiger partial charge in [0.05, 0.1) is 18.9 Å². The monoisotopic (exact) mass is 445 g/mol. The zero-order valence-electron chi connectivity index (χ0n) is 17.1. The second-order valence-electron chi connectivity index (χ2n) is 7.57. The molecule has 3 heterocycles. The van der Waals surface area contributed by atoms with Gasteiger partial charge in [0.1, 0.15) is 29.2 Å². The smallest absolute Gasteiger partial charge is 0.310 e. The first-order valence-corrected chi connectivity index (χ1v) is 10.00. The van der Waals surface area contributed by atoms with Crippen molar-refractivity contribution in [1.29, 1.82) is 0 Å². The highest BCUT2D eigenvalue weighted by molar-refractivity contribution is 6.01. The number of rotatable bonds is 6. The normalized spacial score (nSPS) is 13.9. The second kappa shape index (κ2) is 7.83. The van der Waals surface area contributed by atoms with E-state index in [2.05, 4.69) is 30.2 Å². The van der Waals surface area contributed by atoms with E-state index in [4.69, 9.17) is 11.0 Å². The molecule has 0 spiro atoms. The molecule has 0 unspecified atom stereocenters. The molecule has 4 aromatic rings. The van der Waals surface area contributed by atoms with E-state index in [0.29, 0.717) is 29.8 Å². The lowest BCUT2D eigenvalue weighted by molar-refractivity contribution is -0.117. The van der Waals surface area contributed by atoms with Crippen molar-refractivity contribution in [1.82, 2.24) is 24.7 Å². The number of aromatic nitrogens is 5. The molecule has 3 aromatic heterocycles. The number of hydrogen-bond acceptors (Lipinski definition) is 6. The van der Waals surface area contributed by atoms with Gasteiger partial charge in [-0.1, -0.05) is 18.2 Å². The largest absolute Gasteiger partial charge is 0.443 e. The molecule has 1 fully saturated rings. The minimum absolute atomic E-state index is 0.0580. The molecule has 33 heavy (non-hydrogen) atoms. The number of amides is 1. The summed E-state index contributed by atoms with van der Waals surface area (Å²) in [6, 6.07) is 7.93. The maximum atomic E-state index is 14.2. The van der Waals surface area contributed by atoms with E-state index in [9.17, 15) is 14.0 Å². The number of anilines is 1. The first-order chi connectivity index (χ1) is 16.0. The van der Waals surface area contributed by atoms with E-state index >= 15 is 0 Å². The number of aromatic amines is 1. The zero-order chi connectivity index (χ0) is 23.0. The standard InChI is InChI=1S/C22H16FN7O3/c1-24-22(6-7-22)21(32)27-16-11-26-18(28-19(16)31)15-10-17(20-25-8-9-33-20)30(29-15)12-13-4-2-3-5-14(13)23/h2-5,8-11H,6-7,12H2,(H,27,32)(H,26,28,31). The van der Waals surface area contributed by atoms with Crippen LogP contribution in [0.1, 0.15) is 18.4 Å². The fraction of sp³-hybridized carbons (Fsp3) is 0.182. The van der Waals surface area contributed by atoms with Crippen molar-refractivity contribution in [2.75, 3.05) is 5.32 Å². The Morgan fingerprint density at radius 3 is 2.82 bits per heavy atom. The van der Waals surface area contributed by atoms with Crippen LogP contribution in [0.2, 0.25) is 0 Å². The third-order valence-corrected chi connectivity index (χ3v) is 5.36. The number of nitrogens with zero attached hydrogens (tertiary/aromatic N) is 5. The number of benzene rings is 1. The molecule has 10 nitrogen and oxygen atoms in total. The van der Waals surface area contributed by atoms with Gasteiger partial charge in [0.15, 0.2) is 5.82 Å². The van der Waals surface area contributed by atoms with Gasteiger partial charge in [0, 0.05) is 24.5 Å². The highest BCUT2D eigenvalue weighted by Crippen LogP contribution is 2.40. The van der Waals surface area contributed by atoms with Gasteiger partial charge in [-0.2, -0.15) is 5.10 Å². The highest BCUT2D eigenvalue weighted by atomic mass is 19.1. The van der Waals surface area contributed by atoms with E-state index in [1.54, 1.807) is 24.3 Å². The molecule has 0 saturated heterocycles. The van der Waals surface area contributed by atoms with Crippen LogP contribution in [-0.2, 0) is 11.3 Å². The first-order valence-electron chi connectivity index (χ1n) is 10.00. The average molecular weight is 445 g/mol. The van der Waals surface area contributed by atoms with Gasteiger partial charge >= 0.3 is 11.4 Å². The van der Waals surface area contributed by atoms with Crippen LogP contribution in [0, 0.1) is 12.4 Å².